The number of aliphatic carboxylic acids is 1. The van der Waals surface area contributed by atoms with Gasteiger partial charge in [-0.3, -0.25) is 9.78 Å². The summed E-state index contributed by atoms with van der Waals surface area (Å²) in [7, 11) is 0. The number of likely N-dealkylation sites (tertiary alicyclic amines) is 1. The molecule has 23 heavy (non-hydrogen) atoms. The van der Waals surface area contributed by atoms with E-state index in [4.69, 9.17) is 9.47 Å². The number of piperidine rings is 1. The van der Waals surface area contributed by atoms with Gasteiger partial charge in [0.25, 0.3) is 0 Å². The number of rotatable bonds is 5. The van der Waals surface area contributed by atoms with E-state index in [1.807, 2.05) is 6.07 Å². The number of carboxylic acid groups (broad SMARTS) is 1. The molecule has 1 aromatic rings. The third-order valence-electron chi connectivity index (χ3n) is 4.49. The van der Waals surface area contributed by atoms with Crippen molar-refractivity contribution in [3.8, 4) is 11.5 Å². The van der Waals surface area contributed by atoms with Crippen LogP contribution in [0.2, 0.25) is 0 Å². The number of pyridine rings is 1. The minimum Gasteiger partial charge on any atom is -0.486 e. The van der Waals surface area contributed by atoms with Gasteiger partial charge in [0.05, 0.1) is 17.8 Å². The molecule has 2 unspecified atom stereocenters. The third kappa shape index (κ3) is 3.73. The number of hydrogen-bond acceptors (Lipinski definition) is 6. The molecule has 2 atom stereocenters. The summed E-state index contributed by atoms with van der Waals surface area (Å²) in [6.07, 6.45) is 2.50. The first-order valence-corrected chi connectivity index (χ1v) is 8.10. The normalized spacial score (nSPS) is 24.4. The van der Waals surface area contributed by atoms with Crippen molar-refractivity contribution in [1.82, 2.24) is 15.2 Å². The third-order valence-corrected chi connectivity index (χ3v) is 4.49. The Bertz CT molecular complexity index is 566. The average Bonchev–Trinajstić information content (AvgIpc) is 2.59. The number of nitrogens with one attached hydrogen (secondary N) is 1. The molecule has 126 valence electrons. The lowest BCUT2D eigenvalue weighted by Gasteiger charge is -2.36. The predicted octanol–water partition coefficient (Wildman–Crippen LogP) is 0.737. The standard InChI is InChI=1S/C16H23N3O4/c1-2-19-4-3-13(12(10-19)16(20)21)18-8-11-7-14-15(9-17-11)23-6-5-22-14/h7,9,12-13,18H,2-6,8,10H2,1H3,(H,20,21). The Balaban J connectivity index is 1.61. The number of carboxylic acids is 1. The number of fused-ring (bicyclic) bond motifs is 1. The van der Waals surface area contributed by atoms with Gasteiger partial charge >= 0.3 is 5.97 Å². The molecule has 2 aliphatic rings. The fraction of sp³-hybridized carbons (Fsp3) is 0.625. The molecular formula is C16H23N3O4. The maximum atomic E-state index is 11.5. The molecule has 2 N–H and O–H groups in total. The highest BCUT2D eigenvalue weighted by Gasteiger charge is 2.33. The maximum Gasteiger partial charge on any atom is 0.309 e. The van der Waals surface area contributed by atoms with E-state index in [9.17, 15) is 9.90 Å². The van der Waals surface area contributed by atoms with Crippen molar-refractivity contribution >= 4 is 5.97 Å². The second-order valence-electron chi connectivity index (χ2n) is 5.93. The van der Waals surface area contributed by atoms with Gasteiger partial charge in [-0.2, -0.15) is 0 Å². The molecule has 0 bridgehead atoms. The highest BCUT2D eigenvalue weighted by molar-refractivity contribution is 5.71. The highest BCUT2D eigenvalue weighted by Crippen LogP contribution is 2.29. The van der Waals surface area contributed by atoms with E-state index in [1.54, 1.807) is 6.20 Å². The van der Waals surface area contributed by atoms with E-state index >= 15 is 0 Å². The fourth-order valence-corrected chi connectivity index (χ4v) is 3.12. The van der Waals surface area contributed by atoms with Crippen molar-refractivity contribution in [1.29, 1.82) is 0 Å². The van der Waals surface area contributed by atoms with E-state index in [2.05, 4.69) is 22.1 Å². The van der Waals surface area contributed by atoms with Crippen LogP contribution in [0.25, 0.3) is 0 Å². The molecule has 7 nitrogen and oxygen atoms in total. The summed E-state index contributed by atoms with van der Waals surface area (Å²) in [5, 5.41) is 12.8. The van der Waals surface area contributed by atoms with Gasteiger partial charge < -0.3 is 24.8 Å². The van der Waals surface area contributed by atoms with Gasteiger partial charge in [0.2, 0.25) is 0 Å². The fourth-order valence-electron chi connectivity index (χ4n) is 3.12. The van der Waals surface area contributed by atoms with Crippen LogP contribution in [0.3, 0.4) is 0 Å². The molecule has 1 saturated heterocycles. The van der Waals surface area contributed by atoms with Crippen molar-refractivity contribution in [3.05, 3.63) is 18.0 Å². The van der Waals surface area contributed by atoms with Crippen LogP contribution < -0.4 is 14.8 Å². The topological polar surface area (TPSA) is 83.9 Å². The number of carbonyl (C=O) groups is 1. The van der Waals surface area contributed by atoms with Gasteiger partial charge in [0.1, 0.15) is 13.2 Å². The zero-order valence-electron chi connectivity index (χ0n) is 13.3. The maximum absolute atomic E-state index is 11.5. The second-order valence-corrected chi connectivity index (χ2v) is 5.93. The molecule has 7 heteroatoms. The number of nitrogens with zero attached hydrogens (tertiary/aromatic N) is 2. The van der Waals surface area contributed by atoms with Crippen LogP contribution in [0.1, 0.15) is 19.0 Å². The number of ether oxygens (including phenoxy) is 2. The van der Waals surface area contributed by atoms with Gasteiger partial charge in [0.15, 0.2) is 11.5 Å². The monoisotopic (exact) mass is 321 g/mol. The van der Waals surface area contributed by atoms with E-state index < -0.39 is 5.97 Å². The van der Waals surface area contributed by atoms with Crippen LogP contribution >= 0.6 is 0 Å². The highest BCUT2D eigenvalue weighted by atomic mass is 16.6. The van der Waals surface area contributed by atoms with E-state index in [1.165, 1.54) is 0 Å². The Morgan fingerprint density at radius 2 is 2.22 bits per heavy atom. The van der Waals surface area contributed by atoms with Crippen molar-refractivity contribution in [2.24, 2.45) is 5.92 Å². The van der Waals surface area contributed by atoms with E-state index in [-0.39, 0.29) is 12.0 Å². The van der Waals surface area contributed by atoms with Gasteiger partial charge in [-0.05, 0) is 19.5 Å². The van der Waals surface area contributed by atoms with Crippen molar-refractivity contribution in [3.63, 3.8) is 0 Å². The summed E-state index contributed by atoms with van der Waals surface area (Å²) >= 11 is 0. The predicted molar refractivity (Wildman–Crippen MR) is 83.7 cm³/mol. The minimum atomic E-state index is -0.740. The van der Waals surface area contributed by atoms with Crippen LogP contribution in [0, 0.1) is 5.92 Å². The molecule has 0 saturated carbocycles. The Morgan fingerprint density at radius 1 is 1.43 bits per heavy atom. The molecule has 0 aliphatic carbocycles. The first kappa shape index (κ1) is 16.0. The minimum absolute atomic E-state index is 0.0368. The van der Waals surface area contributed by atoms with Crippen LogP contribution in [0.4, 0.5) is 0 Å². The molecule has 0 aromatic carbocycles. The van der Waals surface area contributed by atoms with Crippen LogP contribution in [-0.4, -0.2) is 59.8 Å². The number of hydrogen-bond donors (Lipinski definition) is 2. The molecule has 1 aromatic heterocycles. The Labute approximate surface area is 135 Å². The molecule has 2 aliphatic heterocycles. The molecule has 0 amide bonds. The average molecular weight is 321 g/mol. The van der Waals surface area contributed by atoms with Gasteiger partial charge in [-0.15, -0.1) is 0 Å². The van der Waals surface area contributed by atoms with Crippen molar-refractivity contribution in [2.45, 2.75) is 25.9 Å². The summed E-state index contributed by atoms with van der Waals surface area (Å²) < 4.78 is 11.0. The summed E-state index contributed by atoms with van der Waals surface area (Å²) in [6, 6.07) is 1.82. The Kier molecular flexibility index (Phi) is 4.97. The zero-order valence-corrected chi connectivity index (χ0v) is 13.3. The van der Waals surface area contributed by atoms with Crippen LogP contribution in [0.15, 0.2) is 12.3 Å². The summed E-state index contributed by atoms with van der Waals surface area (Å²) in [5.74, 6) is 0.245. The van der Waals surface area contributed by atoms with Crippen LogP contribution in [-0.2, 0) is 11.3 Å². The first-order valence-electron chi connectivity index (χ1n) is 8.10. The lowest BCUT2D eigenvalue weighted by molar-refractivity contribution is -0.144. The van der Waals surface area contributed by atoms with Gasteiger partial charge in [0, 0.05) is 25.2 Å². The lowest BCUT2D eigenvalue weighted by atomic mass is 9.92. The van der Waals surface area contributed by atoms with Gasteiger partial charge in [-0.1, -0.05) is 6.92 Å². The summed E-state index contributed by atoms with van der Waals surface area (Å²) in [6.45, 7) is 6.08. The molecule has 3 heterocycles. The summed E-state index contributed by atoms with van der Waals surface area (Å²) in [4.78, 5) is 18.0. The smallest absolute Gasteiger partial charge is 0.309 e. The quantitative estimate of drug-likeness (QED) is 0.827. The second kappa shape index (κ2) is 7.14. The van der Waals surface area contributed by atoms with Crippen molar-refractivity contribution < 1.29 is 19.4 Å². The van der Waals surface area contributed by atoms with E-state index in [0.29, 0.717) is 37.8 Å². The molecule has 0 spiro atoms. The van der Waals surface area contributed by atoms with Crippen LogP contribution in [0.5, 0.6) is 11.5 Å². The molecule has 0 radical (unpaired) electrons. The van der Waals surface area contributed by atoms with E-state index in [0.717, 1.165) is 25.2 Å². The van der Waals surface area contributed by atoms with Gasteiger partial charge in [-0.25, -0.2) is 0 Å². The zero-order chi connectivity index (χ0) is 16.2. The van der Waals surface area contributed by atoms with Crippen molar-refractivity contribution in [2.75, 3.05) is 32.8 Å². The SMILES string of the molecule is CCN1CCC(NCc2cc3c(cn2)OCCO3)C(C(=O)O)C1. The molecule has 1 fully saturated rings. The molecule has 3 rings (SSSR count). The summed E-state index contributed by atoms with van der Waals surface area (Å²) in [5.41, 5.74) is 0.830. The Morgan fingerprint density at radius 3 is 2.96 bits per heavy atom. The molecular weight excluding hydrogens is 298 g/mol. The lowest BCUT2D eigenvalue weighted by Crippen LogP contribution is -2.51. The first-order chi connectivity index (χ1) is 11.2. The number of aromatic nitrogens is 1. The Hall–Kier alpha value is -1.86. The largest absolute Gasteiger partial charge is 0.486 e.